The van der Waals surface area contributed by atoms with Gasteiger partial charge in [-0.05, 0) is 37.4 Å². The van der Waals surface area contributed by atoms with E-state index >= 15 is 0 Å². The topological polar surface area (TPSA) is 59.2 Å². The number of hydrogen-bond donors (Lipinski definition) is 1. The van der Waals surface area contributed by atoms with Gasteiger partial charge < -0.3 is 10.6 Å². The summed E-state index contributed by atoms with van der Waals surface area (Å²) in [5.41, 5.74) is 6.76. The minimum absolute atomic E-state index is 0.0514. The molecule has 3 rings (SSSR count). The molecule has 1 fully saturated rings. The van der Waals surface area contributed by atoms with Crippen LogP contribution in [0.4, 0.5) is 4.39 Å². The van der Waals surface area contributed by atoms with Crippen LogP contribution in [0.1, 0.15) is 34.4 Å². The molecule has 1 aromatic heterocycles. The highest BCUT2D eigenvalue weighted by molar-refractivity contribution is 7.09. The molecule has 0 aliphatic carbocycles. The lowest BCUT2D eigenvalue weighted by Crippen LogP contribution is -2.34. The lowest BCUT2D eigenvalue weighted by atomic mass is 10.1. The Hall–Kier alpha value is -1.79. The second kappa shape index (κ2) is 6.76. The fraction of sp³-hybridized carbons (Fsp3) is 0.412. The number of carbonyl (C=O) groups is 1. The Morgan fingerprint density at radius 2 is 2.26 bits per heavy atom. The molecule has 2 N–H and O–H groups in total. The summed E-state index contributed by atoms with van der Waals surface area (Å²) in [7, 11) is 0. The van der Waals surface area contributed by atoms with Crippen molar-refractivity contribution in [2.24, 2.45) is 11.7 Å². The van der Waals surface area contributed by atoms with Crippen LogP contribution in [0.15, 0.2) is 29.6 Å². The molecule has 4 nitrogen and oxygen atoms in total. The molecule has 0 bridgehead atoms. The van der Waals surface area contributed by atoms with Crippen molar-refractivity contribution in [2.75, 3.05) is 13.1 Å². The maximum Gasteiger partial charge on any atom is 0.273 e. The number of hydrogen-bond acceptors (Lipinski definition) is 4. The molecule has 2 aromatic rings. The van der Waals surface area contributed by atoms with Crippen molar-refractivity contribution in [1.82, 2.24) is 9.88 Å². The fourth-order valence-electron chi connectivity index (χ4n) is 3.04. The zero-order chi connectivity index (χ0) is 16.4. The van der Waals surface area contributed by atoms with Gasteiger partial charge in [0.1, 0.15) is 11.5 Å². The number of carbonyl (C=O) groups excluding carboxylic acids is 1. The molecule has 1 aliphatic rings. The number of nitrogens with zero attached hydrogens (tertiary/aromatic N) is 2. The molecule has 23 heavy (non-hydrogen) atoms. The van der Waals surface area contributed by atoms with E-state index in [9.17, 15) is 9.18 Å². The van der Waals surface area contributed by atoms with Crippen molar-refractivity contribution in [3.8, 4) is 0 Å². The Morgan fingerprint density at radius 3 is 2.96 bits per heavy atom. The van der Waals surface area contributed by atoms with Crippen molar-refractivity contribution in [1.29, 1.82) is 0 Å². The summed E-state index contributed by atoms with van der Waals surface area (Å²) in [5.74, 6) is 0.0736. The third-order valence-corrected chi connectivity index (χ3v) is 5.17. The van der Waals surface area contributed by atoms with Gasteiger partial charge in [-0.15, -0.1) is 11.3 Å². The lowest BCUT2D eigenvalue weighted by Gasteiger charge is -2.20. The second-order valence-corrected chi connectivity index (χ2v) is 6.98. The summed E-state index contributed by atoms with van der Waals surface area (Å²) < 4.78 is 13.7. The average molecular weight is 333 g/mol. The predicted molar refractivity (Wildman–Crippen MR) is 89.0 cm³/mol. The number of rotatable bonds is 4. The highest BCUT2D eigenvalue weighted by Gasteiger charge is 2.33. The van der Waals surface area contributed by atoms with Crippen molar-refractivity contribution >= 4 is 17.2 Å². The number of halogens is 1. The molecule has 122 valence electrons. The lowest BCUT2D eigenvalue weighted by molar-refractivity contribution is 0.0738. The molecule has 2 unspecified atom stereocenters. The van der Waals surface area contributed by atoms with Gasteiger partial charge in [0.25, 0.3) is 5.91 Å². The zero-order valence-electron chi connectivity index (χ0n) is 13.0. The van der Waals surface area contributed by atoms with Crippen LogP contribution in [0.2, 0.25) is 0 Å². The Morgan fingerprint density at radius 1 is 1.48 bits per heavy atom. The van der Waals surface area contributed by atoms with Gasteiger partial charge in [-0.25, -0.2) is 9.37 Å². The Balaban J connectivity index is 1.72. The first kappa shape index (κ1) is 16.1. The molecule has 2 heterocycles. The number of amides is 1. The number of thiazole rings is 1. The largest absolute Gasteiger partial charge is 0.334 e. The van der Waals surface area contributed by atoms with Gasteiger partial charge in [0.05, 0.1) is 5.01 Å². The van der Waals surface area contributed by atoms with E-state index in [2.05, 4.69) is 4.98 Å². The summed E-state index contributed by atoms with van der Waals surface area (Å²) in [6.07, 6.45) is 1.35. The van der Waals surface area contributed by atoms with Crippen LogP contribution in [0.25, 0.3) is 0 Å². The van der Waals surface area contributed by atoms with Gasteiger partial charge in [0, 0.05) is 24.4 Å². The number of likely N-dealkylation sites (tertiary alicyclic amines) is 1. The molecule has 1 saturated heterocycles. The van der Waals surface area contributed by atoms with Crippen LogP contribution in [-0.4, -0.2) is 34.9 Å². The molecular weight excluding hydrogens is 313 g/mol. The van der Waals surface area contributed by atoms with E-state index in [4.69, 9.17) is 5.73 Å². The van der Waals surface area contributed by atoms with Crippen molar-refractivity contribution in [3.05, 3.63) is 51.7 Å². The molecule has 0 spiro atoms. The molecular formula is C17H20FN3OS. The van der Waals surface area contributed by atoms with E-state index in [1.54, 1.807) is 23.6 Å². The smallest absolute Gasteiger partial charge is 0.273 e. The van der Waals surface area contributed by atoms with Gasteiger partial charge >= 0.3 is 0 Å². The molecule has 0 radical (unpaired) electrons. The zero-order valence-corrected chi connectivity index (χ0v) is 13.9. The normalized spacial score (nSPS) is 20.9. The van der Waals surface area contributed by atoms with Gasteiger partial charge in [0.2, 0.25) is 0 Å². The summed E-state index contributed by atoms with van der Waals surface area (Å²) in [6, 6.07) is 6.84. The monoisotopic (exact) mass is 333 g/mol. The minimum atomic E-state index is -0.241. The van der Waals surface area contributed by atoms with Crippen LogP contribution in [-0.2, 0) is 6.42 Å². The maximum atomic E-state index is 13.7. The van der Waals surface area contributed by atoms with E-state index in [1.165, 1.54) is 17.4 Å². The molecule has 6 heteroatoms. The number of nitrogens with two attached hydrogens (primary N) is 1. The number of aromatic nitrogens is 1. The molecule has 1 aliphatic heterocycles. The Bertz CT molecular complexity index is 703. The third-order valence-electron chi connectivity index (χ3n) is 4.33. The first-order valence-corrected chi connectivity index (χ1v) is 8.65. The first-order chi connectivity index (χ1) is 11.1. The molecule has 1 amide bonds. The van der Waals surface area contributed by atoms with E-state index in [-0.39, 0.29) is 17.8 Å². The standard InChI is InChI=1S/C17H20FN3OS/c1-11-6-12(8-19)9-21(11)17(22)15-10-23-16(20-15)7-13-4-2-3-5-14(13)18/h2-5,10-12H,6-9,19H2,1H3. The highest BCUT2D eigenvalue weighted by Crippen LogP contribution is 2.25. The Labute approximate surface area is 139 Å². The third kappa shape index (κ3) is 3.43. The second-order valence-electron chi connectivity index (χ2n) is 6.04. The van der Waals surface area contributed by atoms with Crippen LogP contribution in [0.5, 0.6) is 0 Å². The molecule has 2 atom stereocenters. The van der Waals surface area contributed by atoms with Crippen molar-refractivity contribution in [3.63, 3.8) is 0 Å². The predicted octanol–water partition coefficient (Wildman–Crippen LogP) is 2.68. The van der Waals surface area contributed by atoms with E-state index in [1.807, 2.05) is 11.8 Å². The summed E-state index contributed by atoms with van der Waals surface area (Å²) in [6.45, 7) is 3.33. The SMILES string of the molecule is CC1CC(CN)CN1C(=O)c1csc(Cc2ccccc2F)n1. The fourth-order valence-corrected chi connectivity index (χ4v) is 3.83. The van der Waals surface area contributed by atoms with E-state index in [0.29, 0.717) is 36.7 Å². The van der Waals surface area contributed by atoms with Crippen molar-refractivity contribution in [2.45, 2.75) is 25.8 Å². The summed E-state index contributed by atoms with van der Waals surface area (Å²) >= 11 is 1.40. The first-order valence-electron chi connectivity index (χ1n) is 7.77. The highest BCUT2D eigenvalue weighted by atomic mass is 32.1. The summed E-state index contributed by atoms with van der Waals surface area (Å²) in [5, 5.41) is 2.52. The van der Waals surface area contributed by atoms with Crippen LogP contribution in [0, 0.1) is 11.7 Å². The Kier molecular flexibility index (Phi) is 4.73. The minimum Gasteiger partial charge on any atom is -0.334 e. The van der Waals surface area contributed by atoms with Gasteiger partial charge in [-0.3, -0.25) is 4.79 Å². The molecule has 0 saturated carbocycles. The van der Waals surface area contributed by atoms with Crippen LogP contribution in [0.3, 0.4) is 0 Å². The van der Waals surface area contributed by atoms with Gasteiger partial charge in [-0.2, -0.15) is 0 Å². The van der Waals surface area contributed by atoms with Gasteiger partial charge in [0.15, 0.2) is 0 Å². The number of benzene rings is 1. The summed E-state index contributed by atoms with van der Waals surface area (Å²) in [4.78, 5) is 18.9. The van der Waals surface area contributed by atoms with Crippen LogP contribution < -0.4 is 5.73 Å². The average Bonchev–Trinajstić information content (AvgIpc) is 3.15. The molecule has 1 aromatic carbocycles. The van der Waals surface area contributed by atoms with E-state index in [0.717, 1.165) is 11.4 Å². The maximum absolute atomic E-state index is 13.7. The van der Waals surface area contributed by atoms with Gasteiger partial charge in [-0.1, -0.05) is 18.2 Å². The van der Waals surface area contributed by atoms with Crippen molar-refractivity contribution < 1.29 is 9.18 Å². The quantitative estimate of drug-likeness (QED) is 0.936. The van der Waals surface area contributed by atoms with Crippen LogP contribution >= 0.6 is 11.3 Å². The van der Waals surface area contributed by atoms with E-state index < -0.39 is 0 Å².